The first-order chi connectivity index (χ1) is 7.51. The Morgan fingerprint density at radius 2 is 2.31 bits per heavy atom. The maximum Gasteiger partial charge on any atom is 0.252 e. The van der Waals surface area contributed by atoms with Gasteiger partial charge in [-0.1, -0.05) is 13.0 Å². The summed E-state index contributed by atoms with van der Waals surface area (Å²) in [6, 6.07) is 3.34. The van der Waals surface area contributed by atoms with Crippen LogP contribution in [0, 0.1) is 5.92 Å². The lowest BCUT2D eigenvalue weighted by atomic mass is 9.96. The minimum absolute atomic E-state index is 0.0523. The van der Waals surface area contributed by atoms with Crippen molar-refractivity contribution in [3.05, 3.63) is 17.5 Å². The summed E-state index contributed by atoms with van der Waals surface area (Å²) in [6.07, 6.45) is 0.839. The van der Waals surface area contributed by atoms with Crippen molar-refractivity contribution in [3.8, 4) is 0 Å². The van der Waals surface area contributed by atoms with E-state index in [4.69, 9.17) is 5.73 Å². The van der Waals surface area contributed by atoms with Crippen molar-refractivity contribution in [2.24, 2.45) is 11.7 Å². The fourth-order valence-electron chi connectivity index (χ4n) is 1.82. The zero-order valence-electron chi connectivity index (χ0n) is 9.17. The van der Waals surface area contributed by atoms with Gasteiger partial charge in [0.25, 0.3) is 10.0 Å². The number of thiophene rings is 1. The van der Waals surface area contributed by atoms with Gasteiger partial charge in [-0.2, -0.15) is 4.31 Å². The van der Waals surface area contributed by atoms with Crippen LogP contribution in [0.15, 0.2) is 21.7 Å². The second-order valence-electron chi connectivity index (χ2n) is 4.22. The molecule has 4 nitrogen and oxygen atoms in total. The molecule has 0 aromatic carbocycles. The quantitative estimate of drug-likeness (QED) is 0.866. The van der Waals surface area contributed by atoms with Gasteiger partial charge in [-0.15, -0.1) is 11.3 Å². The van der Waals surface area contributed by atoms with Gasteiger partial charge < -0.3 is 5.73 Å². The van der Waals surface area contributed by atoms with E-state index in [0.717, 1.165) is 6.42 Å². The molecule has 1 aliphatic heterocycles. The Balaban J connectivity index is 2.20. The number of piperidine rings is 1. The van der Waals surface area contributed by atoms with Crippen molar-refractivity contribution < 1.29 is 8.42 Å². The molecule has 0 aliphatic carbocycles. The maximum absolute atomic E-state index is 12.2. The van der Waals surface area contributed by atoms with Gasteiger partial charge in [0.05, 0.1) is 0 Å². The van der Waals surface area contributed by atoms with Crippen LogP contribution in [0.5, 0.6) is 0 Å². The average molecular weight is 260 g/mol. The lowest BCUT2D eigenvalue weighted by molar-refractivity contribution is 0.253. The Kier molecular flexibility index (Phi) is 3.34. The lowest BCUT2D eigenvalue weighted by Gasteiger charge is -2.33. The molecule has 1 aliphatic rings. The van der Waals surface area contributed by atoms with E-state index >= 15 is 0 Å². The highest BCUT2D eigenvalue weighted by molar-refractivity contribution is 7.91. The zero-order valence-corrected chi connectivity index (χ0v) is 10.8. The smallest absolute Gasteiger partial charge is 0.252 e. The highest BCUT2D eigenvalue weighted by atomic mass is 32.2. The Hall–Kier alpha value is -0.430. The molecule has 1 fully saturated rings. The third-order valence-electron chi connectivity index (χ3n) is 3.07. The van der Waals surface area contributed by atoms with Crippen LogP contribution in [0.3, 0.4) is 0 Å². The molecule has 90 valence electrons. The summed E-state index contributed by atoms with van der Waals surface area (Å²) < 4.78 is 26.3. The molecule has 1 aromatic rings. The molecule has 1 saturated heterocycles. The molecule has 0 radical (unpaired) electrons. The Bertz CT molecular complexity index is 441. The van der Waals surface area contributed by atoms with Crippen LogP contribution in [-0.4, -0.2) is 31.9 Å². The molecule has 0 bridgehead atoms. The van der Waals surface area contributed by atoms with Crippen molar-refractivity contribution in [3.63, 3.8) is 0 Å². The van der Waals surface area contributed by atoms with Crippen LogP contribution in [0.1, 0.15) is 13.3 Å². The van der Waals surface area contributed by atoms with Gasteiger partial charge in [-0.05, 0) is 23.8 Å². The van der Waals surface area contributed by atoms with Crippen LogP contribution in [-0.2, 0) is 10.0 Å². The standard InChI is InChI=1S/C10H16N2O2S2/c1-8-4-5-12(7-9(8)11)16(13,14)10-3-2-6-15-10/h2-3,6,8-9H,4-5,7,11H2,1H3. The Morgan fingerprint density at radius 1 is 1.56 bits per heavy atom. The predicted molar refractivity (Wildman–Crippen MR) is 64.8 cm³/mol. The summed E-state index contributed by atoms with van der Waals surface area (Å²) in [5.74, 6) is 0.398. The van der Waals surface area contributed by atoms with Crippen molar-refractivity contribution in [1.29, 1.82) is 0 Å². The topological polar surface area (TPSA) is 63.4 Å². The van der Waals surface area contributed by atoms with Crippen molar-refractivity contribution in [2.45, 2.75) is 23.6 Å². The molecule has 2 atom stereocenters. The molecule has 16 heavy (non-hydrogen) atoms. The van der Waals surface area contributed by atoms with Gasteiger partial charge in [-0.3, -0.25) is 0 Å². The van der Waals surface area contributed by atoms with Gasteiger partial charge >= 0.3 is 0 Å². The minimum Gasteiger partial charge on any atom is -0.326 e. The summed E-state index contributed by atoms with van der Waals surface area (Å²) in [6.45, 7) is 3.08. The number of hydrogen-bond acceptors (Lipinski definition) is 4. The van der Waals surface area contributed by atoms with Crippen LogP contribution in [0.4, 0.5) is 0 Å². The number of rotatable bonds is 2. The number of nitrogens with zero attached hydrogens (tertiary/aromatic N) is 1. The fraction of sp³-hybridized carbons (Fsp3) is 0.600. The minimum atomic E-state index is -3.30. The molecule has 1 aromatic heterocycles. The van der Waals surface area contributed by atoms with Gasteiger partial charge in [0.1, 0.15) is 4.21 Å². The van der Waals surface area contributed by atoms with E-state index < -0.39 is 10.0 Å². The van der Waals surface area contributed by atoms with Crippen LogP contribution < -0.4 is 5.73 Å². The first kappa shape index (κ1) is 12.0. The number of nitrogens with two attached hydrogens (primary N) is 1. The largest absolute Gasteiger partial charge is 0.326 e. The molecule has 2 N–H and O–H groups in total. The highest BCUT2D eigenvalue weighted by Crippen LogP contribution is 2.25. The van der Waals surface area contributed by atoms with Crippen LogP contribution in [0.25, 0.3) is 0 Å². The molecular formula is C10H16N2O2S2. The molecule has 2 unspecified atom stereocenters. The molecule has 0 saturated carbocycles. The summed E-state index contributed by atoms with van der Waals surface area (Å²) in [5.41, 5.74) is 5.92. The summed E-state index contributed by atoms with van der Waals surface area (Å²) >= 11 is 1.26. The highest BCUT2D eigenvalue weighted by Gasteiger charge is 2.32. The Morgan fingerprint density at radius 3 is 2.88 bits per heavy atom. The first-order valence-electron chi connectivity index (χ1n) is 5.31. The van der Waals surface area contributed by atoms with Crippen molar-refractivity contribution in [1.82, 2.24) is 4.31 Å². The lowest BCUT2D eigenvalue weighted by Crippen LogP contribution is -2.49. The van der Waals surface area contributed by atoms with E-state index in [0.29, 0.717) is 23.2 Å². The summed E-state index contributed by atoms with van der Waals surface area (Å²) in [4.78, 5) is 0. The molecule has 0 spiro atoms. The van der Waals surface area contributed by atoms with E-state index in [1.54, 1.807) is 17.5 Å². The van der Waals surface area contributed by atoms with Gasteiger partial charge in [0, 0.05) is 19.1 Å². The molecule has 2 rings (SSSR count). The second-order valence-corrected chi connectivity index (χ2v) is 7.34. The normalized spacial score (nSPS) is 28.1. The second kappa shape index (κ2) is 4.44. The molecule has 6 heteroatoms. The Labute approximate surface area is 100 Å². The van der Waals surface area contributed by atoms with E-state index in [9.17, 15) is 8.42 Å². The maximum atomic E-state index is 12.2. The van der Waals surface area contributed by atoms with E-state index in [-0.39, 0.29) is 6.04 Å². The molecule has 2 heterocycles. The predicted octanol–water partition coefficient (Wildman–Crippen LogP) is 1.11. The van der Waals surface area contributed by atoms with E-state index in [1.807, 2.05) is 0 Å². The summed E-state index contributed by atoms with van der Waals surface area (Å²) in [5, 5.41) is 1.78. The van der Waals surface area contributed by atoms with Gasteiger partial charge in [0.15, 0.2) is 0 Å². The van der Waals surface area contributed by atoms with E-state index in [1.165, 1.54) is 15.6 Å². The monoisotopic (exact) mass is 260 g/mol. The van der Waals surface area contributed by atoms with E-state index in [2.05, 4.69) is 6.92 Å². The number of hydrogen-bond donors (Lipinski definition) is 1. The summed E-state index contributed by atoms with van der Waals surface area (Å²) in [7, 11) is -3.30. The van der Waals surface area contributed by atoms with Gasteiger partial charge in [0.2, 0.25) is 0 Å². The van der Waals surface area contributed by atoms with Crippen molar-refractivity contribution >= 4 is 21.4 Å². The van der Waals surface area contributed by atoms with Crippen LogP contribution >= 0.6 is 11.3 Å². The van der Waals surface area contributed by atoms with Crippen molar-refractivity contribution in [2.75, 3.05) is 13.1 Å². The fourth-order valence-corrected chi connectivity index (χ4v) is 4.46. The average Bonchev–Trinajstić information content (AvgIpc) is 2.75. The van der Waals surface area contributed by atoms with Crippen LogP contribution in [0.2, 0.25) is 0 Å². The number of sulfonamides is 1. The molecule has 0 amide bonds. The first-order valence-corrected chi connectivity index (χ1v) is 7.63. The molecular weight excluding hydrogens is 244 g/mol. The third-order valence-corrected chi connectivity index (χ3v) is 6.31. The van der Waals surface area contributed by atoms with Gasteiger partial charge in [-0.25, -0.2) is 8.42 Å². The third kappa shape index (κ3) is 2.15. The zero-order chi connectivity index (χ0) is 11.8. The SMILES string of the molecule is CC1CCN(S(=O)(=O)c2cccs2)CC1N.